The highest BCUT2D eigenvalue weighted by molar-refractivity contribution is 5.98. The Labute approximate surface area is 224 Å². The number of anilines is 1. The van der Waals surface area contributed by atoms with Crippen LogP contribution in [0.4, 0.5) is 5.69 Å². The molecule has 1 amide bonds. The van der Waals surface area contributed by atoms with E-state index in [-0.39, 0.29) is 30.0 Å². The van der Waals surface area contributed by atoms with E-state index in [4.69, 9.17) is 0 Å². The van der Waals surface area contributed by atoms with Crippen LogP contribution in [0.3, 0.4) is 0 Å². The highest BCUT2D eigenvalue weighted by Gasteiger charge is 2.21. The smallest absolute Gasteiger partial charge is 0.253 e. The van der Waals surface area contributed by atoms with Gasteiger partial charge >= 0.3 is 0 Å². The van der Waals surface area contributed by atoms with Crippen molar-refractivity contribution >= 4 is 11.6 Å². The van der Waals surface area contributed by atoms with E-state index < -0.39 is 0 Å². The summed E-state index contributed by atoms with van der Waals surface area (Å²) in [7, 11) is 0. The molecule has 0 saturated carbocycles. The van der Waals surface area contributed by atoms with Crippen molar-refractivity contribution in [2.45, 2.75) is 66.2 Å². The number of β-amino-alcohol motifs (C(OH)–C–C–N with tert-alkyl or cyclic N) is 1. The lowest BCUT2D eigenvalue weighted by atomic mass is 9.96. The fourth-order valence-corrected chi connectivity index (χ4v) is 5.07. The number of hydrogen-bond donors (Lipinski definition) is 4. The topological polar surface area (TPSA) is 110 Å². The van der Waals surface area contributed by atoms with E-state index in [1.807, 2.05) is 71.1 Å². The second-order valence-corrected chi connectivity index (χ2v) is 10.5. The zero-order valence-corrected chi connectivity index (χ0v) is 23.0. The maximum atomic E-state index is 13.4. The Bertz CT molecular complexity index is 1350. The van der Waals surface area contributed by atoms with Gasteiger partial charge in [0, 0.05) is 67.0 Å². The van der Waals surface area contributed by atoms with Gasteiger partial charge in [0.15, 0.2) is 0 Å². The molecule has 38 heavy (non-hydrogen) atoms. The maximum Gasteiger partial charge on any atom is 0.253 e. The number of aryl methyl sites for hydroxylation is 1. The fraction of sp³-hybridized carbons (Fsp3) is 0.433. The third-order valence-electron chi connectivity index (χ3n) is 7.16. The second-order valence-electron chi connectivity index (χ2n) is 10.5. The number of carbonyl (C=O) groups excluding carboxylic acids is 1. The quantitative estimate of drug-likeness (QED) is 0.340. The molecule has 4 rings (SSSR count). The van der Waals surface area contributed by atoms with E-state index in [1.165, 1.54) is 0 Å². The number of benzene rings is 1. The van der Waals surface area contributed by atoms with Crippen molar-refractivity contribution in [1.29, 1.82) is 0 Å². The molecule has 1 saturated heterocycles. The highest BCUT2D eigenvalue weighted by Crippen LogP contribution is 2.29. The summed E-state index contributed by atoms with van der Waals surface area (Å²) < 4.78 is 0. The number of carbonyl (C=O) groups is 1. The normalized spacial score (nSPS) is 15.7. The average Bonchev–Trinajstić information content (AvgIpc) is 3.29. The van der Waals surface area contributed by atoms with Crippen LogP contribution in [0, 0.1) is 13.8 Å². The molecule has 8 heteroatoms. The Kier molecular flexibility index (Phi) is 8.64. The molecule has 202 valence electrons. The molecule has 2 aromatic heterocycles. The molecule has 1 aromatic carbocycles. The molecule has 1 aliphatic rings. The lowest BCUT2D eigenvalue weighted by molar-refractivity contribution is 0.0950. The number of pyridine rings is 2. The number of aliphatic hydroxyl groups is 1. The van der Waals surface area contributed by atoms with Gasteiger partial charge in [0.1, 0.15) is 0 Å². The van der Waals surface area contributed by atoms with Crippen molar-refractivity contribution in [3.05, 3.63) is 80.5 Å². The molecule has 3 heterocycles. The third kappa shape index (κ3) is 6.31. The Morgan fingerprint density at radius 3 is 2.63 bits per heavy atom. The molecule has 4 N–H and O–H groups in total. The van der Waals surface area contributed by atoms with E-state index in [9.17, 15) is 14.7 Å². The van der Waals surface area contributed by atoms with Crippen LogP contribution in [-0.4, -0.2) is 51.6 Å². The number of amides is 1. The fourth-order valence-electron chi connectivity index (χ4n) is 5.07. The van der Waals surface area contributed by atoms with Gasteiger partial charge in [0.05, 0.1) is 11.8 Å². The van der Waals surface area contributed by atoms with E-state index in [2.05, 4.69) is 25.5 Å². The predicted molar refractivity (Wildman–Crippen MR) is 152 cm³/mol. The van der Waals surface area contributed by atoms with Crippen molar-refractivity contribution < 1.29 is 9.90 Å². The number of nitrogens with zero attached hydrogens (tertiary/aromatic N) is 2. The molecule has 0 radical (unpaired) electrons. The van der Waals surface area contributed by atoms with E-state index in [1.54, 1.807) is 0 Å². The number of rotatable bonds is 9. The van der Waals surface area contributed by atoms with E-state index in [0.717, 1.165) is 58.8 Å². The van der Waals surface area contributed by atoms with Crippen LogP contribution >= 0.6 is 0 Å². The molecule has 1 atom stereocenters. The molecule has 3 aromatic rings. The summed E-state index contributed by atoms with van der Waals surface area (Å²) >= 11 is 0. The lowest BCUT2D eigenvalue weighted by Crippen LogP contribution is -2.29. The third-order valence-corrected chi connectivity index (χ3v) is 7.16. The van der Waals surface area contributed by atoms with Crippen molar-refractivity contribution in [2.75, 3.05) is 25.0 Å². The summed E-state index contributed by atoms with van der Waals surface area (Å²) in [5.41, 5.74) is 7.24. The predicted octanol–water partition coefficient (Wildman–Crippen LogP) is 4.11. The van der Waals surface area contributed by atoms with Crippen LogP contribution in [0.1, 0.15) is 71.5 Å². The lowest BCUT2D eigenvalue weighted by Gasteiger charge is -2.17. The van der Waals surface area contributed by atoms with Crippen molar-refractivity contribution in [3.8, 4) is 11.1 Å². The Morgan fingerprint density at radius 2 is 2.00 bits per heavy atom. The minimum atomic E-state index is -0.253. The number of H-pyrrole nitrogens is 1. The largest absolute Gasteiger partial charge is 0.392 e. The van der Waals surface area contributed by atoms with Crippen LogP contribution in [0.25, 0.3) is 11.1 Å². The first-order valence-electron chi connectivity index (χ1n) is 13.4. The summed E-state index contributed by atoms with van der Waals surface area (Å²) in [6.07, 6.45) is 2.39. The van der Waals surface area contributed by atoms with Crippen molar-refractivity contribution in [3.63, 3.8) is 0 Å². The first-order chi connectivity index (χ1) is 18.2. The SMILES string of the molecule is CCNc1cc(-c2ccc(CN3CCC(O)C3)nc2)cc(C(=O)NCc2c(C(C)C)cc(C)[nH]c2=O)c1C. The number of aliphatic hydroxyl groups excluding tert-OH is 1. The van der Waals surface area contributed by atoms with Crippen molar-refractivity contribution in [2.24, 2.45) is 0 Å². The van der Waals surface area contributed by atoms with Crippen LogP contribution in [0.5, 0.6) is 0 Å². The van der Waals surface area contributed by atoms with Gasteiger partial charge in [-0.15, -0.1) is 0 Å². The van der Waals surface area contributed by atoms with Gasteiger partial charge in [-0.3, -0.25) is 19.5 Å². The van der Waals surface area contributed by atoms with Gasteiger partial charge in [0.25, 0.3) is 11.5 Å². The van der Waals surface area contributed by atoms with Gasteiger partial charge in [0.2, 0.25) is 0 Å². The zero-order valence-electron chi connectivity index (χ0n) is 23.0. The number of aromatic nitrogens is 2. The van der Waals surface area contributed by atoms with Crippen molar-refractivity contribution in [1.82, 2.24) is 20.2 Å². The first-order valence-corrected chi connectivity index (χ1v) is 13.4. The molecule has 0 spiro atoms. The first kappa shape index (κ1) is 27.5. The minimum Gasteiger partial charge on any atom is -0.392 e. The van der Waals surface area contributed by atoms with E-state index >= 15 is 0 Å². The number of likely N-dealkylation sites (tertiary alicyclic amines) is 1. The van der Waals surface area contributed by atoms with Gasteiger partial charge in [-0.05, 0) is 74.1 Å². The molecule has 0 bridgehead atoms. The molecule has 1 aliphatic heterocycles. The maximum absolute atomic E-state index is 13.4. The number of hydrogen-bond acceptors (Lipinski definition) is 6. The molecule has 8 nitrogen and oxygen atoms in total. The molecular formula is C30H39N5O3. The number of aromatic amines is 1. The molecular weight excluding hydrogens is 478 g/mol. The highest BCUT2D eigenvalue weighted by atomic mass is 16.3. The molecule has 1 fully saturated rings. The standard InChI is InChI=1S/C30H39N5O3/c1-6-31-28-13-22(21-7-8-23(32-14-21)16-35-10-9-24(36)17-35)12-26(20(28)5)29(37)33-15-27-25(18(2)3)11-19(4)34-30(27)38/h7-8,11-14,18,24,31,36H,6,9-10,15-17H2,1-5H3,(H,33,37)(H,34,38). The van der Waals surface area contributed by atoms with Gasteiger partial charge in [-0.2, -0.15) is 0 Å². The Hall–Kier alpha value is -3.49. The molecule has 0 aliphatic carbocycles. The average molecular weight is 518 g/mol. The minimum absolute atomic E-state index is 0.156. The monoisotopic (exact) mass is 517 g/mol. The summed E-state index contributed by atoms with van der Waals surface area (Å²) in [5, 5.41) is 16.1. The summed E-state index contributed by atoms with van der Waals surface area (Å²) in [4.78, 5) is 35.8. The second kappa shape index (κ2) is 11.9. The van der Waals surface area contributed by atoms with Gasteiger partial charge in [-0.25, -0.2) is 0 Å². The van der Waals surface area contributed by atoms with Crippen LogP contribution < -0.4 is 16.2 Å². The van der Waals surface area contributed by atoms with Gasteiger partial charge in [-0.1, -0.05) is 19.9 Å². The van der Waals surface area contributed by atoms with Crippen LogP contribution in [-0.2, 0) is 13.1 Å². The summed E-state index contributed by atoms with van der Waals surface area (Å²) in [5.74, 6) is -0.0605. The Balaban J connectivity index is 1.58. The van der Waals surface area contributed by atoms with Crippen LogP contribution in [0.15, 0.2) is 41.3 Å². The number of nitrogens with one attached hydrogen (secondary N) is 3. The summed E-state index contributed by atoms with van der Waals surface area (Å²) in [6.45, 7) is 13.1. The zero-order chi connectivity index (χ0) is 27.4. The Morgan fingerprint density at radius 1 is 1.21 bits per heavy atom. The van der Waals surface area contributed by atoms with Crippen LogP contribution in [0.2, 0.25) is 0 Å². The van der Waals surface area contributed by atoms with Gasteiger partial charge < -0.3 is 20.7 Å². The van der Waals surface area contributed by atoms with E-state index in [0.29, 0.717) is 24.2 Å². The molecule has 1 unspecified atom stereocenters. The summed E-state index contributed by atoms with van der Waals surface area (Å²) in [6, 6.07) is 9.94.